The first-order valence-electron chi connectivity index (χ1n) is 11.0. The number of nitrogens with zero attached hydrogens (tertiary/aromatic N) is 1. The van der Waals surface area contributed by atoms with Crippen molar-refractivity contribution in [1.82, 2.24) is 10.2 Å². The molecule has 158 valence electrons. The third-order valence-corrected chi connectivity index (χ3v) is 6.60. The summed E-state index contributed by atoms with van der Waals surface area (Å²) in [4.78, 5) is 26.9. The summed E-state index contributed by atoms with van der Waals surface area (Å²) in [6.45, 7) is 4.76. The number of fused-ring (bicyclic) bond motifs is 1. The van der Waals surface area contributed by atoms with Gasteiger partial charge in [-0.25, -0.2) is 0 Å². The standard InChI is InChI=1S/C25H31N3O2/c1-17-16-28(2)14-13-19(17)10-7-18-8-11-20(12-9-18)26-24(29)15-23-21-5-3-4-6-22(21)25(30)27-23/h3-6,8-9,11-12,17,19,23H,7,10,13-16H2,1-2H3,(H,26,29)(H,27,30)/t17-,19-,23-/m1/s1. The van der Waals surface area contributed by atoms with Crippen molar-refractivity contribution in [2.75, 3.05) is 25.5 Å². The fourth-order valence-electron chi connectivity index (χ4n) is 4.82. The van der Waals surface area contributed by atoms with Gasteiger partial charge in [-0.05, 0) is 74.0 Å². The van der Waals surface area contributed by atoms with Crippen molar-refractivity contribution in [2.45, 2.75) is 38.6 Å². The minimum absolute atomic E-state index is 0.0927. The Morgan fingerprint density at radius 2 is 1.93 bits per heavy atom. The molecule has 3 atom stereocenters. The molecule has 1 fully saturated rings. The van der Waals surface area contributed by atoms with Crippen molar-refractivity contribution in [1.29, 1.82) is 0 Å². The summed E-state index contributed by atoms with van der Waals surface area (Å²) in [6, 6.07) is 15.4. The van der Waals surface area contributed by atoms with Gasteiger partial charge in [0.2, 0.25) is 5.91 Å². The van der Waals surface area contributed by atoms with Crippen molar-refractivity contribution < 1.29 is 9.59 Å². The van der Waals surface area contributed by atoms with Gasteiger partial charge < -0.3 is 15.5 Å². The predicted molar refractivity (Wildman–Crippen MR) is 119 cm³/mol. The molecular weight excluding hydrogens is 374 g/mol. The highest BCUT2D eigenvalue weighted by atomic mass is 16.2. The van der Waals surface area contributed by atoms with E-state index in [1.165, 1.54) is 31.5 Å². The number of amides is 2. The highest BCUT2D eigenvalue weighted by molar-refractivity contribution is 6.00. The van der Waals surface area contributed by atoms with Crippen molar-refractivity contribution in [3.8, 4) is 0 Å². The summed E-state index contributed by atoms with van der Waals surface area (Å²) in [5.41, 5.74) is 3.68. The molecular formula is C25H31N3O2. The Morgan fingerprint density at radius 1 is 1.17 bits per heavy atom. The maximum Gasteiger partial charge on any atom is 0.252 e. The molecule has 5 nitrogen and oxygen atoms in total. The van der Waals surface area contributed by atoms with E-state index in [2.05, 4.69) is 41.6 Å². The van der Waals surface area contributed by atoms with Gasteiger partial charge in [-0.3, -0.25) is 9.59 Å². The maximum atomic E-state index is 12.5. The van der Waals surface area contributed by atoms with Gasteiger partial charge in [0, 0.05) is 17.8 Å². The highest BCUT2D eigenvalue weighted by Crippen LogP contribution is 2.29. The smallest absolute Gasteiger partial charge is 0.252 e. The normalized spacial score (nSPS) is 23.7. The molecule has 0 aliphatic carbocycles. The minimum atomic E-state index is -0.260. The summed E-state index contributed by atoms with van der Waals surface area (Å²) < 4.78 is 0. The monoisotopic (exact) mass is 405 g/mol. The number of aryl methyl sites for hydroxylation is 1. The lowest BCUT2D eigenvalue weighted by Crippen LogP contribution is -2.36. The van der Waals surface area contributed by atoms with Gasteiger partial charge in [-0.2, -0.15) is 0 Å². The largest absolute Gasteiger partial charge is 0.345 e. The van der Waals surface area contributed by atoms with Gasteiger partial charge in [0.1, 0.15) is 0 Å². The van der Waals surface area contributed by atoms with Crippen LogP contribution in [0.15, 0.2) is 48.5 Å². The molecule has 2 heterocycles. The predicted octanol–water partition coefficient (Wildman–Crippen LogP) is 4.02. The number of piperidine rings is 1. The van der Waals surface area contributed by atoms with Gasteiger partial charge in [-0.1, -0.05) is 37.3 Å². The number of benzene rings is 2. The van der Waals surface area contributed by atoms with E-state index in [1.54, 1.807) is 6.07 Å². The molecule has 2 N–H and O–H groups in total. The van der Waals surface area contributed by atoms with Crippen LogP contribution in [0.3, 0.4) is 0 Å². The minimum Gasteiger partial charge on any atom is -0.345 e. The average Bonchev–Trinajstić information content (AvgIpc) is 3.04. The van der Waals surface area contributed by atoms with Crippen LogP contribution >= 0.6 is 0 Å². The molecule has 2 aliphatic rings. The fraction of sp³-hybridized carbons (Fsp3) is 0.440. The molecule has 0 saturated carbocycles. The molecule has 0 aromatic heterocycles. The number of rotatable bonds is 6. The van der Waals surface area contributed by atoms with E-state index in [-0.39, 0.29) is 24.3 Å². The molecule has 0 unspecified atom stereocenters. The fourth-order valence-corrected chi connectivity index (χ4v) is 4.82. The van der Waals surface area contributed by atoms with Gasteiger partial charge in [0.05, 0.1) is 12.5 Å². The zero-order valence-electron chi connectivity index (χ0n) is 17.9. The van der Waals surface area contributed by atoms with E-state index in [0.717, 1.165) is 29.5 Å². The van der Waals surface area contributed by atoms with E-state index >= 15 is 0 Å². The van der Waals surface area contributed by atoms with E-state index in [0.29, 0.717) is 5.56 Å². The Bertz CT molecular complexity index is 909. The maximum absolute atomic E-state index is 12.5. The van der Waals surface area contributed by atoms with Crippen molar-refractivity contribution >= 4 is 17.5 Å². The number of likely N-dealkylation sites (tertiary alicyclic amines) is 1. The number of carbonyl (C=O) groups excluding carboxylic acids is 2. The number of carbonyl (C=O) groups is 2. The Kier molecular flexibility index (Phi) is 6.18. The molecule has 2 amide bonds. The van der Waals surface area contributed by atoms with Crippen LogP contribution in [0, 0.1) is 11.8 Å². The lowest BCUT2D eigenvalue weighted by Gasteiger charge is -2.34. The van der Waals surface area contributed by atoms with Crippen LogP contribution in [-0.2, 0) is 11.2 Å². The van der Waals surface area contributed by atoms with E-state index in [4.69, 9.17) is 0 Å². The molecule has 2 aromatic carbocycles. The molecule has 0 radical (unpaired) electrons. The van der Waals surface area contributed by atoms with Crippen molar-refractivity contribution in [3.63, 3.8) is 0 Å². The van der Waals surface area contributed by atoms with Crippen LogP contribution in [0.1, 0.15) is 53.7 Å². The summed E-state index contributed by atoms with van der Waals surface area (Å²) >= 11 is 0. The van der Waals surface area contributed by atoms with Crippen LogP contribution in [0.5, 0.6) is 0 Å². The zero-order valence-corrected chi connectivity index (χ0v) is 17.9. The van der Waals surface area contributed by atoms with Gasteiger partial charge in [-0.15, -0.1) is 0 Å². The van der Waals surface area contributed by atoms with Crippen molar-refractivity contribution in [3.05, 3.63) is 65.2 Å². The summed E-state index contributed by atoms with van der Waals surface area (Å²) in [5.74, 6) is 1.35. The zero-order chi connectivity index (χ0) is 21.1. The SMILES string of the molecule is C[C@@H]1CN(C)CC[C@H]1CCc1ccc(NC(=O)C[C@H]2NC(=O)c3ccccc32)cc1. The third-order valence-electron chi connectivity index (χ3n) is 6.60. The first kappa shape index (κ1) is 20.6. The molecule has 2 aliphatic heterocycles. The number of anilines is 1. The van der Waals surface area contributed by atoms with Crippen LogP contribution in [0.4, 0.5) is 5.69 Å². The molecule has 0 spiro atoms. The van der Waals surface area contributed by atoms with Crippen LogP contribution < -0.4 is 10.6 Å². The lowest BCUT2D eigenvalue weighted by molar-refractivity contribution is -0.116. The van der Waals surface area contributed by atoms with Crippen LogP contribution in [-0.4, -0.2) is 36.9 Å². The second kappa shape index (κ2) is 9.00. The Labute approximate surface area is 178 Å². The molecule has 2 aromatic rings. The van der Waals surface area contributed by atoms with Crippen LogP contribution in [0.2, 0.25) is 0 Å². The molecule has 30 heavy (non-hydrogen) atoms. The Balaban J connectivity index is 1.27. The summed E-state index contributed by atoms with van der Waals surface area (Å²) in [7, 11) is 2.21. The summed E-state index contributed by atoms with van der Waals surface area (Å²) in [5, 5.41) is 5.86. The molecule has 5 heteroatoms. The average molecular weight is 406 g/mol. The van der Waals surface area contributed by atoms with Gasteiger partial charge in [0.15, 0.2) is 0 Å². The number of hydrogen-bond acceptors (Lipinski definition) is 3. The van der Waals surface area contributed by atoms with Gasteiger partial charge in [0.25, 0.3) is 5.91 Å². The van der Waals surface area contributed by atoms with Crippen LogP contribution in [0.25, 0.3) is 0 Å². The topological polar surface area (TPSA) is 61.4 Å². The van der Waals surface area contributed by atoms with E-state index in [1.807, 2.05) is 30.3 Å². The molecule has 0 bridgehead atoms. The molecule has 1 saturated heterocycles. The third kappa shape index (κ3) is 4.73. The Morgan fingerprint density at radius 3 is 2.70 bits per heavy atom. The lowest BCUT2D eigenvalue weighted by atomic mass is 9.83. The summed E-state index contributed by atoms with van der Waals surface area (Å²) in [6.07, 6.45) is 3.82. The van der Waals surface area contributed by atoms with Crippen molar-refractivity contribution in [2.24, 2.45) is 11.8 Å². The number of nitrogens with one attached hydrogen (secondary N) is 2. The molecule has 4 rings (SSSR count). The highest BCUT2D eigenvalue weighted by Gasteiger charge is 2.29. The Hall–Kier alpha value is -2.66. The number of hydrogen-bond donors (Lipinski definition) is 2. The quantitative estimate of drug-likeness (QED) is 0.763. The second-order valence-electron chi connectivity index (χ2n) is 8.89. The van der Waals surface area contributed by atoms with Gasteiger partial charge >= 0.3 is 0 Å². The first-order chi connectivity index (χ1) is 14.5. The van der Waals surface area contributed by atoms with E-state index < -0.39 is 0 Å². The van der Waals surface area contributed by atoms with E-state index in [9.17, 15) is 9.59 Å². The second-order valence-corrected chi connectivity index (χ2v) is 8.89. The first-order valence-corrected chi connectivity index (χ1v) is 11.0.